The van der Waals surface area contributed by atoms with Crippen LogP contribution in [0.5, 0.6) is 5.75 Å². The van der Waals surface area contributed by atoms with Gasteiger partial charge in [0.05, 0.1) is 11.3 Å². The Morgan fingerprint density at radius 2 is 1.64 bits per heavy atom. The van der Waals surface area contributed by atoms with E-state index in [4.69, 9.17) is 15.2 Å². The molecule has 0 aliphatic heterocycles. The molecule has 3 aromatic carbocycles. The predicted molar refractivity (Wildman–Crippen MR) is 143 cm³/mol. The number of phenols is 1. The molecule has 0 saturated heterocycles. The van der Waals surface area contributed by atoms with Crippen molar-refractivity contribution in [3.05, 3.63) is 95.3 Å². The standard InChI is InChI=1S/C22H29N3O.C6H5F.CH2O2/c1-22(2,3)19-9-4-7-17(15-19)11-14-24-12-6-13-25-20-10-5-8-18(16-23)21(20)26;7-6-4-2-1-3-5-6;2-1-3/h4-5,7-10,15,24-26H,6,11-14H2,1-3H3;1-5H;1H,(H,2,3). The summed E-state index contributed by atoms with van der Waals surface area (Å²) >= 11 is 0. The number of phenolic OH excluding ortho intramolecular Hbond substituents is 1. The summed E-state index contributed by atoms with van der Waals surface area (Å²) < 4.78 is 11.9. The van der Waals surface area contributed by atoms with Crippen LogP contribution in [0.4, 0.5) is 10.1 Å². The molecule has 4 N–H and O–H groups in total. The number of para-hydroxylation sites is 1. The van der Waals surface area contributed by atoms with Crippen molar-refractivity contribution in [2.24, 2.45) is 0 Å². The Bertz CT molecular complexity index is 1080. The number of nitriles is 1. The summed E-state index contributed by atoms with van der Waals surface area (Å²) in [4.78, 5) is 8.36. The normalized spacial score (nSPS) is 10.1. The van der Waals surface area contributed by atoms with Gasteiger partial charge in [-0.05, 0) is 66.7 Å². The van der Waals surface area contributed by atoms with Gasteiger partial charge in [-0.3, -0.25) is 4.79 Å². The first-order valence-electron chi connectivity index (χ1n) is 11.8. The second-order valence-electron chi connectivity index (χ2n) is 8.95. The number of aromatic hydroxyl groups is 1. The molecule has 0 fully saturated rings. The summed E-state index contributed by atoms with van der Waals surface area (Å²) in [5.74, 6) is -0.149. The predicted octanol–water partition coefficient (Wildman–Crippen LogP) is 5.72. The van der Waals surface area contributed by atoms with Gasteiger partial charge in [0, 0.05) is 6.54 Å². The minimum Gasteiger partial charge on any atom is -0.504 e. The molecule has 7 heteroatoms. The van der Waals surface area contributed by atoms with Gasteiger partial charge in [0.1, 0.15) is 11.9 Å². The number of carbonyl (C=O) groups is 1. The van der Waals surface area contributed by atoms with Crippen molar-refractivity contribution in [2.45, 2.75) is 39.0 Å². The third-order valence-electron chi connectivity index (χ3n) is 5.12. The lowest BCUT2D eigenvalue weighted by atomic mass is 9.86. The van der Waals surface area contributed by atoms with Crippen molar-refractivity contribution in [3.63, 3.8) is 0 Å². The Labute approximate surface area is 213 Å². The second kappa shape index (κ2) is 16.7. The lowest BCUT2D eigenvalue weighted by Crippen LogP contribution is -2.21. The Hall–Kier alpha value is -3.89. The highest BCUT2D eigenvalue weighted by atomic mass is 19.1. The molecule has 0 aliphatic carbocycles. The zero-order chi connectivity index (χ0) is 26.8. The van der Waals surface area contributed by atoms with Crippen LogP contribution in [0.1, 0.15) is 43.9 Å². The Kier molecular flexibility index (Phi) is 14.0. The van der Waals surface area contributed by atoms with Gasteiger partial charge in [-0.1, -0.05) is 69.3 Å². The van der Waals surface area contributed by atoms with Gasteiger partial charge in [0.25, 0.3) is 6.47 Å². The lowest BCUT2D eigenvalue weighted by Gasteiger charge is -2.19. The highest BCUT2D eigenvalue weighted by Crippen LogP contribution is 2.26. The molecule has 0 atom stereocenters. The van der Waals surface area contributed by atoms with Gasteiger partial charge in [-0.2, -0.15) is 5.26 Å². The van der Waals surface area contributed by atoms with E-state index in [0.29, 0.717) is 11.3 Å². The van der Waals surface area contributed by atoms with Gasteiger partial charge in [0.2, 0.25) is 0 Å². The van der Waals surface area contributed by atoms with E-state index in [1.165, 1.54) is 23.3 Å². The molecule has 0 spiro atoms. The summed E-state index contributed by atoms with van der Waals surface area (Å²) in [5, 5.41) is 32.4. The number of hydrogen-bond acceptors (Lipinski definition) is 5. The molecule has 0 heterocycles. The van der Waals surface area contributed by atoms with Crippen molar-refractivity contribution < 1.29 is 19.4 Å². The fourth-order valence-corrected chi connectivity index (χ4v) is 3.18. The number of nitrogens with one attached hydrogen (secondary N) is 2. The van der Waals surface area contributed by atoms with Crippen LogP contribution in [-0.4, -0.2) is 36.3 Å². The molecular weight excluding hydrogens is 457 g/mol. The second-order valence-corrected chi connectivity index (χ2v) is 8.95. The molecule has 0 unspecified atom stereocenters. The van der Waals surface area contributed by atoms with E-state index >= 15 is 0 Å². The fraction of sp³-hybridized carbons (Fsp3) is 0.310. The molecule has 0 radical (unpaired) electrons. The van der Waals surface area contributed by atoms with Gasteiger partial charge >= 0.3 is 0 Å². The first-order chi connectivity index (χ1) is 17.2. The van der Waals surface area contributed by atoms with Crippen LogP contribution in [0.2, 0.25) is 0 Å². The van der Waals surface area contributed by atoms with E-state index in [-0.39, 0.29) is 23.5 Å². The van der Waals surface area contributed by atoms with Gasteiger partial charge in [-0.15, -0.1) is 0 Å². The Balaban J connectivity index is 0.000000540. The zero-order valence-electron chi connectivity index (χ0n) is 21.2. The first kappa shape index (κ1) is 30.1. The van der Waals surface area contributed by atoms with Crippen LogP contribution in [0, 0.1) is 17.1 Å². The van der Waals surface area contributed by atoms with Crippen molar-refractivity contribution >= 4 is 12.2 Å². The van der Waals surface area contributed by atoms with E-state index < -0.39 is 0 Å². The third-order valence-corrected chi connectivity index (χ3v) is 5.12. The number of nitrogens with zero attached hydrogens (tertiary/aromatic N) is 1. The highest BCUT2D eigenvalue weighted by molar-refractivity contribution is 5.62. The van der Waals surface area contributed by atoms with Crippen molar-refractivity contribution in [1.82, 2.24) is 5.32 Å². The average Bonchev–Trinajstić information content (AvgIpc) is 2.85. The van der Waals surface area contributed by atoms with E-state index in [1.807, 2.05) is 6.07 Å². The molecule has 3 aromatic rings. The fourth-order valence-electron chi connectivity index (χ4n) is 3.18. The molecule has 0 amide bonds. The summed E-state index contributed by atoms with van der Waals surface area (Å²) in [6, 6.07) is 23.9. The number of halogens is 1. The molecule has 3 rings (SSSR count). The maximum absolute atomic E-state index is 11.9. The lowest BCUT2D eigenvalue weighted by molar-refractivity contribution is -0.122. The number of benzene rings is 3. The van der Waals surface area contributed by atoms with Crippen LogP contribution in [-0.2, 0) is 16.6 Å². The van der Waals surface area contributed by atoms with E-state index in [9.17, 15) is 9.50 Å². The maximum atomic E-state index is 11.9. The highest BCUT2D eigenvalue weighted by Gasteiger charge is 2.13. The zero-order valence-corrected chi connectivity index (χ0v) is 21.2. The van der Waals surface area contributed by atoms with E-state index in [2.05, 4.69) is 55.7 Å². The van der Waals surface area contributed by atoms with E-state index in [0.717, 1.165) is 32.5 Å². The van der Waals surface area contributed by atoms with Gasteiger partial charge in [0.15, 0.2) is 5.75 Å². The van der Waals surface area contributed by atoms with Crippen LogP contribution in [0.15, 0.2) is 72.8 Å². The minimum absolute atomic E-state index is 0.0293. The molecule has 6 nitrogen and oxygen atoms in total. The molecule has 0 aliphatic rings. The van der Waals surface area contributed by atoms with Crippen LogP contribution in [0.25, 0.3) is 0 Å². The van der Waals surface area contributed by atoms with Crippen molar-refractivity contribution in [2.75, 3.05) is 25.0 Å². The molecule has 0 bridgehead atoms. The SMILES string of the molecule is CC(C)(C)c1cccc(CCNCCCNc2cccc(C#N)c2O)c1.Fc1ccccc1.O=CO. The molecular formula is C29H36FN3O3. The topological polar surface area (TPSA) is 105 Å². The smallest absolute Gasteiger partial charge is 0.290 e. The molecule has 0 aromatic heterocycles. The quantitative estimate of drug-likeness (QED) is 0.182. The summed E-state index contributed by atoms with van der Waals surface area (Å²) in [5.41, 5.74) is 3.83. The Morgan fingerprint density at radius 3 is 2.22 bits per heavy atom. The minimum atomic E-state index is -0.250. The Morgan fingerprint density at radius 1 is 0.972 bits per heavy atom. The van der Waals surface area contributed by atoms with E-state index in [1.54, 1.807) is 36.4 Å². The maximum Gasteiger partial charge on any atom is 0.290 e. The molecule has 192 valence electrons. The third kappa shape index (κ3) is 12.0. The average molecular weight is 494 g/mol. The number of anilines is 1. The summed E-state index contributed by atoms with van der Waals surface area (Å²) in [7, 11) is 0. The number of rotatable bonds is 8. The summed E-state index contributed by atoms with van der Waals surface area (Å²) in [6.07, 6.45) is 1.96. The van der Waals surface area contributed by atoms with Crippen molar-refractivity contribution in [3.8, 4) is 11.8 Å². The number of carboxylic acid groups (broad SMARTS) is 1. The van der Waals surface area contributed by atoms with Crippen LogP contribution >= 0.6 is 0 Å². The largest absolute Gasteiger partial charge is 0.504 e. The van der Waals surface area contributed by atoms with Crippen LogP contribution < -0.4 is 10.6 Å². The van der Waals surface area contributed by atoms with Crippen LogP contribution in [0.3, 0.4) is 0 Å². The van der Waals surface area contributed by atoms with Gasteiger partial charge in [-0.25, -0.2) is 4.39 Å². The number of hydrogen-bond donors (Lipinski definition) is 4. The summed E-state index contributed by atoms with van der Waals surface area (Å²) in [6.45, 7) is 9.06. The van der Waals surface area contributed by atoms with Gasteiger partial charge < -0.3 is 20.8 Å². The monoisotopic (exact) mass is 493 g/mol. The van der Waals surface area contributed by atoms with Crippen molar-refractivity contribution in [1.29, 1.82) is 5.26 Å². The molecule has 36 heavy (non-hydrogen) atoms. The first-order valence-corrected chi connectivity index (χ1v) is 11.8. The molecule has 0 saturated carbocycles.